The number of benzene rings is 3. The van der Waals surface area contributed by atoms with Crippen LogP contribution < -0.4 is 9.47 Å². The van der Waals surface area contributed by atoms with Gasteiger partial charge in [0.2, 0.25) is 0 Å². The maximum Gasteiger partial charge on any atom is 0.339 e. The molecule has 0 atom stereocenters. The van der Waals surface area contributed by atoms with Crippen molar-refractivity contribution in [2.75, 3.05) is 14.2 Å². The average Bonchev–Trinajstić information content (AvgIpc) is 2.65. The summed E-state index contributed by atoms with van der Waals surface area (Å²) in [6.07, 6.45) is -0.188. The molecular formula is C22H22O4. The van der Waals surface area contributed by atoms with Gasteiger partial charge < -0.3 is 14.2 Å². The number of carbonyl (C=O) groups is 1. The maximum absolute atomic E-state index is 12.7. The topological polar surface area (TPSA) is 44.8 Å². The van der Waals surface area contributed by atoms with Gasteiger partial charge in [0.15, 0.2) is 11.5 Å². The van der Waals surface area contributed by atoms with Gasteiger partial charge in [-0.25, -0.2) is 4.79 Å². The van der Waals surface area contributed by atoms with E-state index in [1.54, 1.807) is 14.2 Å². The SMILES string of the molecule is COc1ccc(-c2c(C(=O)OC(C)C)ccc3ccccc23)cc1OC. The van der Waals surface area contributed by atoms with Gasteiger partial charge in [-0.05, 0) is 48.4 Å². The lowest BCUT2D eigenvalue weighted by Crippen LogP contribution is -2.12. The van der Waals surface area contributed by atoms with Crippen molar-refractivity contribution in [2.24, 2.45) is 0 Å². The largest absolute Gasteiger partial charge is 0.493 e. The normalized spacial score (nSPS) is 10.8. The summed E-state index contributed by atoms with van der Waals surface area (Å²) in [7, 11) is 3.19. The fraction of sp³-hybridized carbons (Fsp3) is 0.227. The molecule has 3 aromatic rings. The third-order valence-electron chi connectivity index (χ3n) is 4.16. The fourth-order valence-corrected chi connectivity index (χ4v) is 3.02. The zero-order chi connectivity index (χ0) is 18.7. The Balaban J connectivity index is 2.27. The van der Waals surface area contributed by atoms with Crippen molar-refractivity contribution in [2.45, 2.75) is 20.0 Å². The van der Waals surface area contributed by atoms with Crippen LogP contribution in [0.5, 0.6) is 11.5 Å². The summed E-state index contributed by atoms with van der Waals surface area (Å²) in [5.41, 5.74) is 2.23. The summed E-state index contributed by atoms with van der Waals surface area (Å²) in [5.74, 6) is 0.916. The number of fused-ring (bicyclic) bond motifs is 1. The van der Waals surface area contributed by atoms with E-state index in [4.69, 9.17) is 14.2 Å². The zero-order valence-corrected chi connectivity index (χ0v) is 15.4. The zero-order valence-electron chi connectivity index (χ0n) is 15.4. The lowest BCUT2D eigenvalue weighted by molar-refractivity contribution is 0.0379. The molecule has 4 nitrogen and oxygen atoms in total. The van der Waals surface area contributed by atoms with Crippen LogP contribution in [0.15, 0.2) is 54.6 Å². The first-order valence-corrected chi connectivity index (χ1v) is 8.50. The minimum Gasteiger partial charge on any atom is -0.493 e. The van der Waals surface area contributed by atoms with Crippen LogP contribution in [-0.4, -0.2) is 26.3 Å². The average molecular weight is 350 g/mol. The molecule has 0 N–H and O–H groups in total. The molecule has 3 rings (SSSR count). The highest BCUT2D eigenvalue weighted by Crippen LogP contribution is 2.37. The summed E-state index contributed by atoms with van der Waals surface area (Å²) >= 11 is 0. The first-order chi connectivity index (χ1) is 12.5. The van der Waals surface area contributed by atoms with Crippen LogP contribution in [0.25, 0.3) is 21.9 Å². The molecular weight excluding hydrogens is 328 g/mol. The van der Waals surface area contributed by atoms with Gasteiger partial charge in [-0.1, -0.05) is 36.4 Å². The molecule has 0 heterocycles. The maximum atomic E-state index is 12.7. The minimum atomic E-state index is -0.337. The van der Waals surface area contributed by atoms with Gasteiger partial charge >= 0.3 is 5.97 Å². The fourth-order valence-electron chi connectivity index (χ4n) is 3.02. The molecule has 3 aromatic carbocycles. The molecule has 0 aliphatic heterocycles. The Hall–Kier alpha value is -3.01. The van der Waals surface area contributed by atoms with E-state index in [0.717, 1.165) is 21.9 Å². The number of hydrogen-bond acceptors (Lipinski definition) is 4. The Labute approximate surface area is 153 Å². The van der Waals surface area contributed by atoms with E-state index in [0.29, 0.717) is 17.1 Å². The van der Waals surface area contributed by atoms with E-state index in [2.05, 4.69) is 0 Å². The van der Waals surface area contributed by atoms with E-state index in [9.17, 15) is 4.79 Å². The standard InChI is InChI=1S/C22H22O4/c1-14(2)26-22(23)18-11-9-15-7-5-6-8-17(15)21(18)16-10-12-19(24-3)20(13-16)25-4/h5-14H,1-4H3. The Bertz CT molecular complexity index is 944. The Morgan fingerprint density at radius 1 is 0.885 bits per heavy atom. The van der Waals surface area contributed by atoms with Gasteiger partial charge in [-0.15, -0.1) is 0 Å². The summed E-state index contributed by atoms with van der Waals surface area (Å²) in [6.45, 7) is 3.68. The van der Waals surface area contributed by atoms with Crippen LogP contribution in [0.1, 0.15) is 24.2 Å². The molecule has 0 unspecified atom stereocenters. The van der Waals surface area contributed by atoms with Crippen molar-refractivity contribution in [3.8, 4) is 22.6 Å². The first kappa shape index (κ1) is 17.8. The third kappa shape index (κ3) is 3.36. The highest BCUT2D eigenvalue weighted by Gasteiger charge is 2.19. The molecule has 0 saturated carbocycles. The second-order valence-corrected chi connectivity index (χ2v) is 6.23. The van der Waals surface area contributed by atoms with Gasteiger partial charge in [0.1, 0.15) is 0 Å². The number of hydrogen-bond donors (Lipinski definition) is 0. The van der Waals surface area contributed by atoms with Gasteiger partial charge in [0.05, 0.1) is 25.9 Å². The predicted molar refractivity (Wildman–Crippen MR) is 103 cm³/mol. The molecule has 0 aliphatic rings. The lowest BCUT2D eigenvalue weighted by Gasteiger charge is -2.16. The molecule has 0 spiro atoms. The third-order valence-corrected chi connectivity index (χ3v) is 4.16. The van der Waals surface area contributed by atoms with Crippen molar-refractivity contribution < 1.29 is 19.0 Å². The van der Waals surface area contributed by atoms with E-state index in [-0.39, 0.29) is 12.1 Å². The van der Waals surface area contributed by atoms with E-state index in [1.165, 1.54) is 0 Å². The Morgan fingerprint density at radius 3 is 2.31 bits per heavy atom. The smallest absolute Gasteiger partial charge is 0.339 e. The molecule has 0 bridgehead atoms. The number of esters is 1. The van der Waals surface area contributed by atoms with Crippen LogP contribution in [-0.2, 0) is 4.74 Å². The Morgan fingerprint density at radius 2 is 1.62 bits per heavy atom. The van der Waals surface area contributed by atoms with Crippen LogP contribution >= 0.6 is 0 Å². The number of rotatable bonds is 5. The van der Waals surface area contributed by atoms with Gasteiger partial charge in [0, 0.05) is 5.56 Å². The molecule has 26 heavy (non-hydrogen) atoms. The molecule has 4 heteroatoms. The van der Waals surface area contributed by atoms with E-state index >= 15 is 0 Å². The lowest BCUT2D eigenvalue weighted by atomic mass is 9.93. The van der Waals surface area contributed by atoms with Crippen LogP contribution in [0.3, 0.4) is 0 Å². The summed E-state index contributed by atoms with van der Waals surface area (Å²) in [6, 6.07) is 17.4. The molecule has 0 aromatic heterocycles. The molecule has 0 amide bonds. The highest BCUT2D eigenvalue weighted by atomic mass is 16.5. The Kier molecular flexibility index (Phi) is 5.12. The van der Waals surface area contributed by atoms with Crippen molar-refractivity contribution >= 4 is 16.7 Å². The van der Waals surface area contributed by atoms with Gasteiger partial charge in [0.25, 0.3) is 0 Å². The van der Waals surface area contributed by atoms with Crippen LogP contribution in [0.2, 0.25) is 0 Å². The molecule has 0 radical (unpaired) electrons. The van der Waals surface area contributed by atoms with Crippen LogP contribution in [0.4, 0.5) is 0 Å². The van der Waals surface area contributed by atoms with E-state index < -0.39 is 0 Å². The molecule has 0 fully saturated rings. The van der Waals surface area contributed by atoms with Crippen molar-refractivity contribution in [3.05, 3.63) is 60.2 Å². The summed E-state index contributed by atoms with van der Waals surface area (Å²) in [5, 5.41) is 2.04. The minimum absolute atomic E-state index is 0.188. The molecule has 134 valence electrons. The first-order valence-electron chi connectivity index (χ1n) is 8.50. The quantitative estimate of drug-likeness (QED) is 0.601. The number of methoxy groups -OCH3 is 2. The summed E-state index contributed by atoms with van der Waals surface area (Å²) in [4.78, 5) is 12.7. The number of carbonyl (C=O) groups excluding carboxylic acids is 1. The van der Waals surface area contributed by atoms with Gasteiger partial charge in [-0.3, -0.25) is 0 Å². The van der Waals surface area contributed by atoms with Gasteiger partial charge in [-0.2, -0.15) is 0 Å². The number of ether oxygens (including phenoxy) is 3. The highest BCUT2D eigenvalue weighted by molar-refractivity contribution is 6.08. The monoisotopic (exact) mass is 350 g/mol. The van der Waals surface area contributed by atoms with Crippen molar-refractivity contribution in [3.63, 3.8) is 0 Å². The summed E-state index contributed by atoms with van der Waals surface area (Å²) < 4.78 is 16.2. The molecule has 0 aliphatic carbocycles. The second kappa shape index (κ2) is 7.48. The van der Waals surface area contributed by atoms with Crippen molar-refractivity contribution in [1.29, 1.82) is 0 Å². The van der Waals surface area contributed by atoms with Crippen molar-refractivity contribution in [1.82, 2.24) is 0 Å². The van der Waals surface area contributed by atoms with E-state index in [1.807, 2.05) is 68.4 Å². The predicted octanol–water partition coefficient (Wildman–Crippen LogP) is 5.09. The molecule has 0 saturated heterocycles. The van der Waals surface area contributed by atoms with Crippen LogP contribution in [0, 0.1) is 0 Å². The second-order valence-electron chi connectivity index (χ2n) is 6.23.